The van der Waals surface area contributed by atoms with E-state index in [0.29, 0.717) is 6.42 Å². The van der Waals surface area contributed by atoms with Crippen molar-refractivity contribution in [1.29, 1.82) is 0 Å². The molecule has 0 aliphatic heterocycles. The Morgan fingerprint density at radius 2 is 1.75 bits per heavy atom. The highest BCUT2D eigenvalue weighted by Gasteiger charge is 2.20. The SMILES string of the molecule is O=C(O)CCc1[nH]c2ccccc2[n+]1-c1ccccc1. The van der Waals surface area contributed by atoms with Crippen LogP contribution >= 0.6 is 0 Å². The zero-order chi connectivity index (χ0) is 13.9. The van der Waals surface area contributed by atoms with Gasteiger partial charge in [0, 0.05) is 0 Å². The molecule has 4 nitrogen and oxygen atoms in total. The number of benzene rings is 2. The summed E-state index contributed by atoms with van der Waals surface area (Å²) in [5, 5.41) is 8.89. The fourth-order valence-electron chi connectivity index (χ4n) is 2.40. The minimum Gasteiger partial charge on any atom is -0.481 e. The van der Waals surface area contributed by atoms with Gasteiger partial charge in [0.15, 0.2) is 11.0 Å². The minimum atomic E-state index is -0.789. The number of carbonyl (C=O) groups is 1. The third kappa shape index (κ3) is 2.28. The van der Waals surface area contributed by atoms with Crippen LogP contribution in [0.15, 0.2) is 54.6 Å². The molecule has 0 fully saturated rings. The van der Waals surface area contributed by atoms with Crippen LogP contribution < -0.4 is 4.57 Å². The molecule has 0 saturated heterocycles. The molecule has 0 spiro atoms. The van der Waals surface area contributed by atoms with Crippen LogP contribution in [0.4, 0.5) is 0 Å². The lowest BCUT2D eigenvalue weighted by atomic mass is 10.2. The van der Waals surface area contributed by atoms with Crippen molar-refractivity contribution in [1.82, 2.24) is 4.98 Å². The van der Waals surface area contributed by atoms with E-state index in [2.05, 4.69) is 9.55 Å². The summed E-state index contributed by atoms with van der Waals surface area (Å²) in [5.41, 5.74) is 3.10. The summed E-state index contributed by atoms with van der Waals surface area (Å²) in [6.07, 6.45) is 0.582. The standard InChI is InChI=1S/C16H14N2O2/c19-16(20)11-10-15-17-13-8-4-5-9-14(13)18(15)12-6-2-1-3-7-12/h1-9H,10-11H2,(H,19,20)/p+1. The molecule has 1 heterocycles. The monoisotopic (exact) mass is 267 g/mol. The molecule has 0 radical (unpaired) electrons. The Balaban J connectivity index is 2.16. The number of aryl methyl sites for hydroxylation is 1. The Morgan fingerprint density at radius 3 is 2.50 bits per heavy atom. The van der Waals surface area contributed by atoms with Gasteiger partial charge in [-0.25, -0.2) is 4.98 Å². The second-order valence-electron chi connectivity index (χ2n) is 4.65. The van der Waals surface area contributed by atoms with E-state index in [-0.39, 0.29) is 6.42 Å². The van der Waals surface area contributed by atoms with Gasteiger partial charge in [-0.15, -0.1) is 0 Å². The predicted octanol–water partition coefficient (Wildman–Crippen LogP) is 2.46. The highest BCUT2D eigenvalue weighted by Crippen LogP contribution is 2.13. The largest absolute Gasteiger partial charge is 0.481 e. The molecular formula is C16H15N2O2+. The maximum Gasteiger partial charge on any atom is 0.303 e. The number of fused-ring (bicyclic) bond motifs is 1. The fourth-order valence-corrected chi connectivity index (χ4v) is 2.40. The van der Waals surface area contributed by atoms with Crippen LogP contribution in [0.1, 0.15) is 12.2 Å². The first-order chi connectivity index (χ1) is 9.75. The van der Waals surface area contributed by atoms with Gasteiger partial charge in [0.2, 0.25) is 0 Å². The summed E-state index contributed by atoms with van der Waals surface area (Å²) in [6.45, 7) is 0. The first-order valence-electron chi connectivity index (χ1n) is 6.54. The lowest BCUT2D eigenvalue weighted by Gasteiger charge is -2.00. The van der Waals surface area contributed by atoms with Gasteiger partial charge in [-0.3, -0.25) is 4.79 Å². The summed E-state index contributed by atoms with van der Waals surface area (Å²) < 4.78 is 2.08. The maximum atomic E-state index is 10.8. The van der Waals surface area contributed by atoms with Gasteiger partial charge < -0.3 is 5.11 Å². The summed E-state index contributed by atoms with van der Waals surface area (Å²) in [6, 6.07) is 17.9. The van der Waals surface area contributed by atoms with Gasteiger partial charge in [-0.2, -0.15) is 4.57 Å². The van der Waals surface area contributed by atoms with Crippen LogP contribution in [-0.4, -0.2) is 16.1 Å². The normalized spacial score (nSPS) is 10.8. The average Bonchev–Trinajstić information content (AvgIpc) is 2.84. The smallest absolute Gasteiger partial charge is 0.303 e. The number of para-hydroxylation sites is 3. The zero-order valence-electron chi connectivity index (χ0n) is 10.9. The molecule has 0 atom stereocenters. The first-order valence-corrected chi connectivity index (χ1v) is 6.54. The number of aromatic amines is 1. The van der Waals surface area contributed by atoms with Crippen molar-refractivity contribution in [2.24, 2.45) is 0 Å². The molecule has 0 aliphatic rings. The Morgan fingerprint density at radius 1 is 1.05 bits per heavy atom. The third-order valence-electron chi connectivity index (χ3n) is 3.28. The van der Waals surface area contributed by atoms with Crippen LogP contribution in [0.3, 0.4) is 0 Å². The topological polar surface area (TPSA) is 57.0 Å². The van der Waals surface area contributed by atoms with Crippen molar-refractivity contribution in [3.8, 4) is 5.69 Å². The zero-order valence-corrected chi connectivity index (χ0v) is 10.9. The average molecular weight is 267 g/mol. The van der Waals surface area contributed by atoms with E-state index in [1.54, 1.807) is 0 Å². The summed E-state index contributed by atoms with van der Waals surface area (Å²) in [5.74, 6) is 0.114. The third-order valence-corrected chi connectivity index (χ3v) is 3.28. The van der Waals surface area contributed by atoms with Crippen LogP contribution in [0, 0.1) is 0 Å². The lowest BCUT2D eigenvalue weighted by Crippen LogP contribution is -2.34. The molecule has 0 saturated carbocycles. The number of hydrogen-bond donors (Lipinski definition) is 2. The molecule has 0 amide bonds. The number of rotatable bonds is 4. The molecule has 100 valence electrons. The van der Waals surface area contributed by atoms with E-state index < -0.39 is 5.97 Å². The Labute approximate surface area is 116 Å². The highest BCUT2D eigenvalue weighted by atomic mass is 16.4. The van der Waals surface area contributed by atoms with Gasteiger partial charge in [0.1, 0.15) is 5.69 Å². The van der Waals surface area contributed by atoms with Gasteiger partial charge in [0.05, 0.1) is 12.8 Å². The van der Waals surface area contributed by atoms with Crippen molar-refractivity contribution in [2.75, 3.05) is 0 Å². The fraction of sp³-hybridized carbons (Fsp3) is 0.125. The molecule has 0 aliphatic carbocycles. The van der Waals surface area contributed by atoms with Crippen LogP contribution in [0.25, 0.3) is 16.7 Å². The predicted molar refractivity (Wildman–Crippen MR) is 75.8 cm³/mol. The van der Waals surface area contributed by atoms with E-state index >= 15 is 0 Å². The number of nitrogens with zero attached hydrogens (tertiary/aromatic N) is 1. The molecule has 2 N–H and O–H groups in total. The Bertz CT molecular complexity index is 748. The number of carboxylic acids is 1. The summed E-state index contributed by atoms with van der Waals surface area (Å²) >= 11 is 0. The van der Waals surface area contributed by atoms with E-state index in [1.807, 2.05) is 54.6 Å². The van der Waals surface area contributed by atoms with E-state index in [0.717, 1.165) is 22.5 Å². The van der Waals surface area contributed by atoms with Crippen molar-refractivity contribution >= 4 is 17.0 Å². The summed E-state index contributed by atoms with van der Waals surface area (Å²) in [4.78, 5) is 14.1. The number of H-pyrrole nitrogens is 1. The molecule has 3 aromatic rings. The molecule has 4 heteroatoms. The molecule has 0 bridgehead atoms. The van der Waals surface area contributed by atoms with Gasteiger partial charge >= 0.3 is 5.97 Å². The van der Waals surface area contributed by atoms with Gasteiger partial charge in [-0.1, -0.05) is 30.3 Å². The van der Waals surface area contributed by atoms with Crippen molar-refractivity contribution in [2.45, 2.75) is 12.8 Å². The van der Waals surface area contributed by atoms with Crippen molar-refractivity contribution in [3.05, 3.63) is 60.4 Å². The molecular weight excluding hydrogens is 252 g/mol. The van der Waals surface area contributed by atoms with Gasteiger partial charge in [0.25, 0.3) is 5.82 Å². The van der Waals surface area contributed by atoms with Crippen molar-refractivity contribution < 1.29 is 14.5 Å². The molecule has 2 aromatic carbocycles. The number of carboxylic acid groups (broad SMARTS) is 1. The Kier molecular flexibility index (Phi) is 3.21. The second kappa shape index (κ2) is 5.17. The van der Waals surface area contributed by atoms with Crippen LogP contribution in [0.2, 0.25) is 0 Å². The summed E-state index contributed by atoms with van der Waals surface area (Å²) in [7, 11) is 0. The molecule has 3 rings (SSSR count). The number of imidazole rings is 1. The number of hydrogen-bond acceptors (Lipinski definition) is 1. The molecule has 20 heavy (non-hydrogen) atoms. The molecule has 1 aromatic heterocycles. The number of aliphatic carboxylic acids is 1. The molecule has 0 unspecified atom stereocenters. The maximum absolute atomic E-state index is 10.8. The lowest BCUT2D eigenvalue weighted by molar-refractivity contribution is -0.576. The Hall–Kier alpha value is -2.62. The number of nitrogens with one attached hydrogen (secondary N) is 1. The van der Waals surface area contributed by atoms with Gasteiger partial charge in [-0.05, 0) is 24.3 Å². The van der Waals surface area contributed by atoms with E-state index in [1.165, 1.54) is 0 Å². The minimum absolute atomic E-state index is 0.111. The second-order valence-corrected chi connectivity index (χ2v) is 4.65. The quantitative estimate of drug-likeness (QED) is 0.713. The first kappa shape index (κ1) is 12.4. The van der Waals surface area contributed by atoms with Crippen LogP contribution in [-0.2, 0) is 11.2 Å². The number of aromatic nitrogens is 2. The highest BCUT2D eigenvalue weighted by molar-refractivity contribution is 5.72. The van der Waals surface area contributed by atoms with E-state index in [9.17, 15) is 4.79 Å². The van der Waals surface area contributed by atoms with Crippen LogP contribution in [0.5, 0.6) is 0 Å². The van der Waals surface area contributed by atoms with Crippen molar-refractivity contribution in [3.63, 3.8) is 0 Å². The van der Waals surface area contributed by atoms with E-state index in [4.69, 9.17) is 5.11 Å².